The maximum absolute atomic E-state index is 5.37. The van der Waals surface area contributed by atoms with Crippen LogP contribution in [0.15, 0.2) is 18.3 Å². The second kappa shape index (κ2) is 5.37. The Balaban J connectivity index is 2.40. The zero-order valence-electron chi connectivity index (χ0n) is 7.91. The summed E-state index contributed by atoms with van der Waals surface area (Å²) in [5.74, 6) is 1.36. The first-order valence-electron chi connectivity index (χ1n) is 4.14. The molecule has 4 heteroatoms. The van der Waals surface area contributed by atoms with E-state index in [0.29, 0.717) is 12.5 Å². The lowest BCUT2D eigenvalue weighted by atomic mass is 10.4. The predicted octanol–water partition coefficient (Wildman–Crippen LogP) is 0.688. The van der Waals surface area contributed by atoms with Crippen molar-refractivity contribution in [1.82, 2.24) is 10.3 Å². The van der Waals surface area contributed by atoms with Crippen molar-refractivity contribution in [1.29, 1.82) is 0 Å². The summed E-state index contributed by atoms with van der Waals surface area (Å²) in [5.41, 5.74) is 0. The zero-order chi connectivity index (χ0) is 9.52. The van der Waals surface area contributed by atoms with E-state index in [1.54, 1.807) is 19.4 Å². The van der Waals surface area contributed by atoms with Crippen LogP contribution in [0.25, 0.3) is 0 Å². The molecule has 0 atom stereocenters. The van der Waals surface area contributed by atoms with Crippen LogP contribution in [0.5, 0.6) is 11.6 Å². The maximum atomic E-state index is 5.37. The minimum Gasteiger partial charge on any atom is -0.491 e. The third-order valence-electron chi connectivity index (χ3n) is 1.54. The molecule has 4 nitrogen and oxygen atoms in total. The van der Waals surface area contributed by atoms with Gasteiger partial charge < -0.3 is 14.8 Å². The molecule has 1 aromatic heterocycles. The van der Waals surface area contributed by atoms with Gasteiger partial charge in [-0.3, -0.25) is 0 Å². The number of hydrogen-bond donors (Lipinski definition) is 1. The van der Waals surface area contributed by atoms with Gasteiger partial charge >= 0.3 is 0 Å². The number of methoxy groups -OCH3 is 1. The van der Waals surface area contributed by atoms with Crippen LogP contribution < -0.4 is 14.8 Å². The molecule has 0 spiro atoms. The van der Waals surface area contributed by atoms with Crippen molar-refractivity contribution in [2.45, 2.75) is 0 Å². The lowest BCUT2D eigenvalue weighted by Crippen LogP contribution is -2.15. The Bertz CT molecular complexity index is 236. The van der Waals surface area contributed by atoms with E-state index >= 15 is 0 Å². The lowest BCUT2D eigenvalue weighted by molar-refractivity contribution is 0.315. The average Bonchev–Trinajstić information content (AvgIpc) is 2.19. The summed E-state index contributed by atoms with van der Waals surface area (Å²) >= 11 is 0. The Morgan fingerprint density at radius 2 is 2.31 bits per heavy atom. The average molecular weight is 182 g/mol. The minimum absolute atomic E-state index is 0.598. The molecule has 0 aromatic carbocycles. The van der Waals surface area contributed by atoms with Crippen molar-refractivity contribution in [2.75, 3.05) is 27.3 Å². The van der Waals surface area contributed by atoms with Gasteiger partial charge in [0.05, 0.1) is 13.3 Å². The summed E-state index contributed by atoms with van der Waals surface area (Å²) in [6, 6.07) is 3.61. The van der Waals surface area contributed by atoms with Crippen LogP contribution in [-0.2, 0) is 0 Å². The first-order chi connectivity index (χ1) is 6.36. The van der Waals surface area contributed by atoms with Crippen molar-refractivity contribution in [3.05, 3.63) is 18.3 Å². The van der Waals surface area contributed by atoms with Gasteiger partial charge in [-0.2, -0.15) is 0 Å². The van der Waals surface area contributed by atoms with Crippen LogP contribution >= 0.6 is 0 Å². The Morgan fingerprint density at radius 1 is 1.46 bits per heavy atom. The van der Waals surface area contributed by atoms with E-state index < -0.39 is 0 Å². The Labute approximate surface area is 77.9 Å². The highest BCUT2D eigenvalue weighted by Crippen LogP contribution is 2.12. The Kier molecular flexibility index (Phi) is 4.05. The minimum atomic E-state index is 0.598. The molecule has 1 rings (SSSR count). The van der Waals surface area contributed by atoms with Crippen LogP contribution in [0.1, 0.15) is 0 Å². The van der Waals surface area contributed by atoms with Crippen LogP contribution in [-0.4, -0.2) is 32.3 Å². The predicted molar refractivity (Wildman–Crippen MR) is 50.2 cm³/mol. The molecule has 0 radical (unpaired) electrons. The van der Waals surface area contributed by atoms with Gasteiger partial charge in [-0.15, -0.1) is 0 Å². The number of ether oxygens (including phenoxy) is 2. The van der Waals surface area contributed by atoms with Crippen molar-refractivity contribution < 1.29 is 9.47 Å². The number of nitrogens with zero attached hydrogens (tertiary/aromatic N) is 1. The fourth-order valence-electron chi connectivity index (χ4n) is 0.844. The van der Waals surface area contributed by atoms with Gasteiger partial charge in [0.1, 0.15) is 12.4 Å². The number of nitrogens with one attached hydrogen (secondary N) is 1. The standard InChI is InChI=1S/C9H14N2O2/c1-10-5-6-13-8-3-4-9(12-2)11-7-8/h3-4,7,10H,5-6H2,1-2H3. The maximum Gasteiger partial charge on any atom is 0.213 e. The molecule has 0 saturated heterocycles. The van der Waals surface area contributed by atoms with Gasteiger partial charge in [-0.05, 0) is 13.1 Å². The van der Waals surface area contributed by atoms with Crippen molar-refractivity contribution in [3.8, 4) is 11.6 Å². The van der Waals surface area contributed by atoms with E-state index in [0.717, 1.165) is 12.3 Å². The number of hydrogen-bond acceptors (Lipinski definition) is 4. The largest absolute Gasteiger partial charge is 0.491 e. The van der Waals surface area contributed by atoms with E-state index in [4.69, 9.17) is 9.47 Å². The molecule has 0 unspecified atom stereocenters. The van der Waals surface area contributed by atoms with Crippen molar-refractivity contribution in [3.63, 3.8) is 0 Å². The van der Waals surface area contributed by atoms with E-state index in [1.807, 2.05) is 13.1 Å². The summed E-state index contributed by atoms with van der Waals surface area (Å²) < 4.78 is 10.3. The van der Waals surface area contributed by atoms with Gasteiger partial charge in [0, 0.05) is 12.6 Å². The zero-order valence-corrected chi connectivity index (χ0v) is 7.91. The molecule has 0 aliphatic rings. The first kappa shape index (κ1) is 9.80. The summed E-state index contributed by atoms with van der Waals surface area (Å²) in [4.78, 5) is 4.01. The van der Waals surface area contributed by atoms with Crippen molar-refractivity contribution in [2.24, 2.45) is 0 Å². The highest BCUT2D eigenvalue weighted by atomic mass is 16.5. The van der Waals surface area contributed by atoms with Crippen molar-refractivity contribution >= 4 is 0 Å². The summed E-state index contributed by atoms with van der Waals surface area (Å²) in [5, 5.41) is 2.99. The van der Waals surface area contributed by atoms with Gasteiger partial charge in [0.25, 0.3) is 0 Å². The van der Waals surface area contributed by atoms with E-state index in [9.17, 15) is 0 Å². The molecule has 0 aliphatic heterocycles. The normalized spacial score (nSPS) is 9.69. The molecule has 72 valence electrons. The Hall–Kier alpha value is -1.29. The molecule has 1 heterocycles. The van der Waals surface area contributed by atoms with Gasteiger partial charge in [-0.1, -0.05) is 0 Å². The molecular weight excluding hydrogens is 168 g/mol. The van der Waals surface area contributed by atoms with Gasteiger partial charge in [-0.25, -0.2) is 4.98 Å². The quantitative estimate of drug-likeness (QED) is 0.680. The first-order valence-corrected chi connectivity index (χ1v) is 4.14. The highest BCUT2D eigenvalue weighted by molar-refractivity contribution is 5.22. The molecule has 0 bridgehead atoms. The monoisotopic (exact) mass is 182 g/mol. The molecule has 0 amide bonds. The molecule has 1 aromatic rings. The summed E-state index contributed by atoms with van der Waals surface area (Å²) in [6.07, 6.45) is 1.65. The summed E-state index contributed by atoms with van der Waals surface area (Å²) in [6.45, 7) is 1.47. The van der Waals surface area contributed by atoms with Crippen LogP contribution in [0.3, 0.4) is 0 Å². The highest BCUT2D eigenvalue weighted by Gasteiger charge is 1.94. The van der Waals surface area contributed by atoms with Crippen LogP contribution in [0.4, 0.5) is 0 Å². The van der Waals surface area contributed by atoms with Crippen LogP contribution in [0, 0.1) is 0 Å². The Morgan fingerprint density at radius 3 is 2.85 bits per heavy atom. The third-order valence-corrected chi connectivity index (χ3v) is 1.54. The van der Waals surface area contributed by atoms with Gasteiger partial charge in [0.15, 0.2) is 0 Å². The van der Waals surface area contributed by atoms with E-state index in [1.165, 1.54) is 0 Å². The second-order valence-electron chi connectivity index (χ2n) is 2.49. The van der Waals surface area contributed by atoms with E-state index in [2.05, 4.69) is 10.3 Å². The molecule has 1 N–H and O–H groups in total. The smallest absolute Gasteiger partial charge is 0.213 e. The SMILES string of the molecule is CNCCOc1ccc(OC)nc1. The third kappa shape index (κ3) is 3.29. The number of rotatable bonds is 5. The number of pyridine rings is 1. The van der Waals surface area contributed by atoms with Gasteiger partial charge in [0.2, 0.25) is 5.88 Å². The fourth-order valence-corrected chi connectivity index (χ4v) is 0.844. The number of likely N-dealkylation sites (N-methyl/N-ethyl adjacent to an activating group) is 1. The van der Waals surface area contributed by atoms with Crippen LogP contribution in [0.2, 0.25) is 0 Å². The van der Waals surface area contributed by atoms with E-state index in [-0.39, 0.29) is 0 Å². The number of aromatic nitrogens is 1. The fraction of sp³-hybridized carbons (Fsp3) is 0.444. The molecule has 13 heavy (non-hydrogen) atoms. The molecule has 0 aliphatic carbocycles. The summed E-state index contributed by atoms with van der Waals surface area (Å²) in [7, 11) is 3.47. The lowest BCUT2D eigenvalue weighted by Gasteiger charge is -2.05. The second-order valence-corrected chi connectivity index (χ2v) is 2.49. The topological polar surface area (TPSA) is 43.4 Å². The molecular formula is C9H14N2O2. The molecule has 0 saturated carbocycles. The molecule has 0 fully saturated rings.